The average molecular weight is 256 g/mol. The summed E-state index contributed by atoms with van der Waals surface area (Å²) in [7, 11) is 0. The van der Waals surface area contributed by atoms with Crippen molar-refractivity contribution in [3.05, 3.63) is 28.2 Å². The topological polar surface area (TPSA) is 43.1 Å². The predicted octanol–water partition coefficient (Wildman–Crippen LogP) is 3.26. The second kappa shape index (κ2) is 4.60. The molecule has 0 fully saturated rings. The molecule has 0 aromatic heterocycles. The van der Waals surface area contributed by atoms with Crippen LogP contribution in [0, 0.1) is 5.92 Å². The Labute approximate surface area is 92.6 Å². The third-order valence-electron chi connectivity index (χ3n) is 2.32. The van der Waals surface area contributed by atoms with Crippen LogP contribution in [0.25, 0.3) is 0 Å². The van der Waals surface area contributed by atoms with Crippen molar-refractivity contribution >= 4 is 27.4 Å². The van der Waals surface area contributed by atoms with Gasteiger partial charge in [0.2, 0.25) is 0 Å². The molecule has 2 N–H and O–H groups in total. The molecule has 0 aliphatic heterocycles. The summed E-state index contributed by atoms with van der Waals surface area (Å²) in [5, 5.41) is 0. The summed E-state index contributed by atoms with van der Waals surface area (Å²) in [6.45, 7) is 3.94. The smallest absolute Gasteiger partial charge is 0.166 e. The van der Waals surface area contributed by atoms with Gasteiger partial charge in [0.25, 0.3) is 0 Å². The van der Waals surface area contributed by atoms with Gasteiger partial charge in [0.1, 0.15) is 0 Å². The van der Waals surface area contributed by atoms with Crippen LogP contribution in [0.3, 0.4) is 0 Å². The molecule has 76 valence electrons. The number of halogens is 1. The average Bonchev–Trinajstić information content (AvgIpc) is 2.15. The largest absolute Gasteiger partial charge is 0.399 e. The fourth-order valence-corrected chi connectivity index (χ4v) is 1.77. The van der Waals surface area contributed by atoms with Gasteiger partial charge in [-0.1, -0.05) is 13.8 Å². The number of nitrogen functional groups attached to an aromatic ring is 1. The van der Waals surface area contributed by atoms with E-state index in [9.17, 15) is 4.79 Å². The lowest BCUT2D eigenvalue weighted by atomic mass is 9.97. The maximum absolute atomic E-state index is 11.8. The van der Waals surface area contributed by atoms with Crippen molar-refractivity contribution in [2.45, 2.75) is 20.3 Å². The minimum absolute atomic E-state index is 0.0647. The fraction of sp³-hybridized carbons (Fsp3) is 0.364. The van der Waals surface area contributed by atoms with Crippen molar-refractivity contribution in [3.63, 3.8) is 0 Å². The first kappa shape index (κ1) is 11.2. The number of rotatable bonds is 3. The molecule has 0 spiro atoms. The molecule has 0 aliphatic rings. The molecule has 0 bridgehead atoms. The van der Waals surface area contributed by atoms with Crippen LogP contribution in [0.5, 0.6) is 0 Å². The molecule has 0 saturated heterocycles. The van der Waals surface area contributed by atoms with Crippen LogP contribution in [0.4, 0.5) is 5.69 Å². The van der Waals surface area contributed by atoms with Gasteiger partial charge in [-0.15, -0.1) is 0 Å². The first-order valence-electron chi connectivity index (χ1n) is 4.65. The highest BCUT2D eigenvalue weighted by Gasteiger charge is 2.15. The Morgan fingerprint density at radius 2 is 2.21 bits per heavy atom. The lowest BCUT2D eigenvalue weighted by Gasteiger charge is -2.09. The van der Waals surface area contributed by atoms with Gasteiger partial charge in [0.05, 0.1) is 0 Å². The number of nitrogens with two attached hydrogens (primary N) is 1. The number of hydrogen-bond donors (Lipinski definition) is 1. The Bertz CT molecular complexity index is 349. The normalized spacial score (nSPS) is 12.5. The Morgan fingerprint density at radius 1 is 1.57 bits per heavy atom. The maximum atomic E-state index is 11.8. The molecule has 1 atom stereocenters. The number of anilines is 1. The van der Waals surface area contributed by atoms with Gasteiger partial charge in [0, 0.05) is 21.6 Å². The van der Waals surface area contributed by atoms with Gasteiger partial charge in [-0.3, -0.25) is 4.79 Å². The number of benzene rings is 1. The van der Waals surface area contributed by atoms with Crippen LogP contribution in [-0.4, -0.2) is 5.78 Å². The number of carbonyl (C=O) groups excluding carboxylic acids is 1. The Balaban J connectivity index is 3.02. The highest BCUT2D eigenvalue weighted by molar-refractivity contribution is 9.10. The minimum atomic E-state index is 0.0647. The molecule has 2 nitrogen and oxygen atoms in total. The molecule has 0 amide bonds. The fourth-order valence-electron chi connectivity index (χ4n) is 1.18. The summed E-state index contributed by atoms with van der Waals surface area (Å²) in [5.41, 5.74) is 6.98. The third kappa shape index (κ3) is 2.35. The van der Waals surface area contributed by atoms with E-state index in [4.69, 9.17) is 5.73 Å². The van der Waals surface area contributed by atoms with Crippen molar-refractivity contribution in [1.82, 2.24) is 0 Å². The Kier molecular flexibility index (Phi) is 3.69. The lowest BCUT2D eigenvalue weighted by Crippen LogP contribution is -2.10. The zero-order valence-corrected chi connectivity index (χ0v) is 9.97. The quantitative estimate of drug-likeness (QED) is 0.666. The number of ketones is 1. The van der Waals surface area contributed by atoms with Gasteiger partial charge in [0.15, 0.2) is 5.78 Å². The van der Waals surface area contributed by atoms with Crippen LogP contribution >= 0.6 is 15.9 Å². The van der Waals surface area contributed by atoms with Gasteiger partial charge >= 0.3 is 0 Å². The molecule has 0 aliphatic carbocycles. The van der Waals surface area contributed by atoms with E-state index in [1.165, 1.54) is 0 Å². The van der Waals surface area contributed by atoms with Crippen molar-refractivity contribution < 1.29 is 4.79 Å². The number of hydrogen-bond acceptors (Lipinski definition) is 2. The molecular weight excluding hydrogens is 242 g/mol. The SMILES string of the molecule is CCC(C)C(=O)c1ccc(N)cc1Br. The van der Waals surface area contributed by atoms with E-state index in [1.807, 2.05) is 13.8 Å². The van der Waals surface area contributed by atoms with Crippen LogP contribution in [0.2, 0.25) is 0 Å². The summed E-state index contributed by atoms with van der Waals surface area (Å²) < 4.78 is 0.780. The zero-order chi connectivity index (χ0) is 10.7. The van der Waals surface area contributed by atoms with Crippen molar-refractivity contribution in [3.8, 4) is 0 Å². The molecule has 1 unspecified atom stereocenters. The molecule has 0 heterocycles. The summed E-state index contributed by atoms with van der Waals surface area (Å²) in [5.74, 6) is 0.231. The van der Waals surface area contributed by atoms with Gasteiger partial charge < -0.3 is 5.73 Å². The summed E-state index contributed by atoms with van der Waals surface area (Å²) in [4.78, 5) is 11.8. The molecule has 1 aromatic carbocycles. The predicted molar refractivity (Wildman–Crippen MR) is 62.3 cm³/mol. The molecule has 3 heteroatoms. The minimum Gasteiger partial charge on any atom is -0.399 e. The molecule has 0 saturated carbocycles. The van der Waals surface area contributed by atoms with E-state index in [2.05, 4.69) is 15.9 Å². The van der Waals surface area contributed by atoms with Crippen LogP contribution < -0.4 is 5.73 Å². The molecular formula is C11H14BrNO. The van der Waals surface area contributed by atoms with Crippen molar-refractivity contribution in [2.75, 3.05) is 5.73 Å². The Hall–Kier alpha value is -0.830. The van der Waals surface area contributed by atoms with E-state index >= 15 is 0 Å². The van der Waals surface area contributed by atoms with E-state index in [-0.39, 0.29) is 11.7 Å². The van der Waals surface area contributed by atoms with E-state index < -0.39 is 0 Å². The van der Waals surface area contributed by atoms with Crippen LogP contribution in [0.1, 0.15) is 30.6 Å². The standard InChI is InChI=1S/C11H14BrNO/c1-3-7(2)11(14)9-5-4-8(13)6-10(9)12/h4-7H,3,13H2,1-2H3. The van der Waals surface area contributed by atoms with E-state index in [1.54, 1.807) is 18.2 Å². The molecule has 14 heavy (non-hydrogen) atoms. The summed E-state index contributed by atoms with van der Waals surface area (Å²) in [6.07, 6.45) is 0.857. The first-order chi connectivity index (χ1) is 6.56. The maximum Gasteiger partial charge on any atom is 0.166 e. The van der Waals surface area contributed by atoms with Gasteiger partial charge in [-0.25, -0.2) is 0 Å². The van der Waals surface area contributed by atoms with Crippen LogP contribution in [0.15, 0.2) is 22.7 Å². The number of Topliss-reactive ketones (excluding diaryl/α,β-unsaturated/α-hetero) is 1. The van der Waals surface area contributed by atoms with E-state index in [0.717, 1.165) is 10.9 Å². The summed E-state index contributed by atoms with van der Waals surface area (Å²) >= 11 is 3.34. The van der Waals surface area contributed by atoms with Crippen molar-refractivity contribution in [2.24, 2.45) is 5.92 Å². The number of carbonyl (C=O) groups is 1. The highest BCUT2D eigenvalue weighted by atomic mass is 79.9. The monoisotopic (exact) mass is 255 g/mol. The molecule has 0 radical (unpaired) electrons. The zero-order valence-electron chi connectivity index (χ0n) is 8.38. The molecule has 1 rings (SSSR count). The Morgan fingerprint density at radius 3 is 2.71 bits per heavy atom. The van der Waals surface area contributed by atoms with Crippen molar-refractivity contribution in [1.29, 1.82) is 0 Å². The van der Waals surface area contributed by atoms with Gasteiger partial charge in [-0.05, 0) is 40.5 Å². The lowest BCUT2D eigenvalue weighted by molar-refractivity contribution is 0.0926. The van der Waals surface area contributed by atoms with Gasteiger partial charge in [-0.2, -0.15) is 0 Å². The third-order valence-corrected chi connectivity index (χ3v) is 2.97. The van der Waals surface area contributed by atoms with Crippen LogP contribution in [-0.2, 0) is 0 Å². The first-order valence-corrected chi connectivity index (χ1v) is 5.44. The second-order valence-electron chi connectivity index (χ2n) is 3.41. The second-order valence-corrected chi connectivity index (χ2v) is 4.27. The molecule has 1 aromatic rings. The van der Waals surface area contributed by atoms with E-state index in [0.29, 0.717) is 11.3 Å². The summed E-state index contributed by atoms with van der Waals surface area (Å²) in [6, 6.07) is 5.28. The highest BCUT2D eigenvalue weighted by Crippen LogP contribution is 2.23.